The topological polar surface area (TPSA) is 106 Å². The van der Waals surface area contributed by atoms with Crippen LogP contribution >= 0.6 is 11.3 Å². The van der Waals surface area contributed by atoms with Gasteiger partial charge in [0.05, 0.1) is 35.4 Å². The molecule has 0 radical (unpaired) electrons. The van der Waals surface area contributed by atoms with Crippen molar-refractivity contribution in [3.63, 3.8) is 0 Å². The number of anilines is 1. The number of aromatic nitrogens is 3. The van der Waals surface area contributed by atoms with Gasteiger partial charge in [-0.25, -0.2) is 4.98 Å². The third-order valence-electron chi connectivity index (χ3n) is 5.14. The van der Waals surface area contributed by atoms with Crippen LogP contribution in [0, 0.1) is 18.8 Å². The van der Waals surface area contributed by atoms with Gasteiger partial charge in [0.15, 0.2) is 5.13 Å². The average Bonchev–Trinajstić information content (AvgIpc) is 3.36. The molecule has 4 heterocycles. The summed E-state index contributed by atoms with van der Waals surface area (Å²) in [5, 5.41) is 19.0. The molecular weight excluding hydrogens is 356 g/mol. The van der Waals surface area contributed by atoms with Crippen molar-refractivity contribution in [3.05, 3.63) is 17.3 Å². The normalized spacial score (nSPS) is 27.0. The smallest absolute Gasteiger partial charge is 0.310 e. The summed E-state index contributed by atoms with van der Waals surface area (Å²) >= 11 is 1.32. The van der Waals surface area contributed by atoms with Crippen molar-refractivity contribution in [3.8, 4) is 11.3 Å². The van der Waals surface area contributed by atoms with Gasteiger partial charge >= 0.3 is 5.97 Å². The molecule has 0 spiro atoms. The summed E-state index contributed by atoms with van der Waals surface area (Å²) in [5.41, 5.74) is 2.55. The second-order valence-corrected chi connectivity index (χ2v) is 7.55. The Morgan fingerprint density at radius 2 is 2.12 bits per heavy atom. The van der Waals surface area contributed by atoms with E-state index in [-0.39, 0.29) is 18.1 Å². The molecule has 2 aromatic heterocycles. The summed E-state index contributed by atoms with van der Waals surface area (Å²) in [5.74, 6) is -2.74. The van der Waals surface area contributed by atoms with Crippen molar-refractivity contribution in [2.45, 2.75) is 45.4 Å². The summed E-state index contributed by atoms with van der Waals surface area (Å²) in [4.78, 5) is 28.7. The van der Waals surface area contributed by atoms with Crippen LogP contribution < -0.4 is 5.32 Å². The number of aliphatic carboxylic acids is 1. The van der Waals surface area contributed by atoms with Gasteiger partial charge < -0.3 is 15.2 Å². The maximum Gasteiger partial charge on any atom is 0.310 e. The number of carboxylic acid groups (broad SMARTS) is 1. The van der Waals surface area contributed by atoms with E-state index in [1.54, 1.807) is 0 Å². The van der Waals surface area contributed by atoms with E-state index in [1.807, 2.05) is 30.1 Å². The first-order valence-electron chi connectivity index (χ1n) is 8.67. The highest BCUT2D eigenvalue weighted by Gasteiger charge is 2.55. The van der Waals surface area contributed by atoms with Gasteiger partial charge in [-0.3, -0.25) is 14.3 Å². The second kappa shape index (κ2) is 6.48. The number of nitrogens with one attached hydrogen (secondary N) is 1. The van der Waals surface area contributed by atoms with Gasteiger partial charge in [-0.05, 0) is 26.7 Å². The van der Waals surface area contributed by atoms with Gasteiger partial charge in [0.2, 0.25) is 5.91 Å². The van der Waals surface area contributed by atoms with Crippen molar-refractivity contribution in [2.24, 2.45) is 11.8 Å². The van der Waals surface area contributed by atoms with Crippen LogP contribution in [-0.2, 0) is 20.9 Å². The van der Waals surface area contributed by atoms with Crippen LogP contribution in [0.3, 0.4) is 0 Å². The number of thiazole rings is 1. The number of carbonyl (C=O) groups excluding carboxylic acids is 1. The number of fused-ring (bicyclic) bond motifs is 2. The van der Waals surface area contributed by atoms with Gasteiger partial charge in [-0.2, -0.15) is 5.10 Å². The molecule has 1 amide bonds. The van der Waals surface area contributed by atoms with Crippen molar-refractivity contribution in [1.82, 2.24) is 14.8 Å². The lowest BCUT2D eigenvalue weighted by Gasteiger charge is -2.23. The van der Waals surface area contributed by atoms with Crippen molar-refractivity contribution >= 4 is 28.3 Å². The van der Waals surface area contributed by atoms with E-state index in [0.29, 0.717) is 11.6 Å². The van der Waals surface area contributed by atoms with Crippen molar-refractivity contribution in [2.75, 3.05) is 5.32 Å². The number of ether oxygens (including phenoxy) is 1. The zero-order valence-electron chi connectivity index (χ0n) is 14.5. The fourth-order valence-electron chi connectivity index (χ4n) is 3.90. The zero-order valence-corrected chi connectivity index (χ0v) is 15.3. The Balaban J connectivity index is 1.51. The van der Waals surface area contributed by atoms with E-state index in [4.69, 9.17) is 4.74 Å². The summed E-state index contributed by atoms with van der Waals surface area (Å²) in [7, 11) is 0. The molecule has 2 aromatic rings. The molecule has 0 saturated carbocycles. The molecular formula is C17H20N4O4S. The van der Waals surface area contributed by atoms with E-state index < -0.39 is 17.8 Å². The number of amides is 1. The highest BCUT2D eigenvalue weighted by molar-refractivity contribution is 7.14. The number of hydrogen-bond donors (Lipinski definition) is 2. The second-order valence-electron chi connectivity index (χ2n) is 6.69. The molecule has 26 heavy (non-hydrogen) atoms. The molecule has 138 valence electrons. The van der Waals surface area contributed by atoms with Gasteiger partial charge in [-0.15, -0.1) is 11.3 Å². The molecule has 2 bridgehead atoms. The van der Waals surface area contributed by atoms with Crippen LogP contribution in [-0.4, -0.2) is 44.0 Å². The highest BCUT2D eigenvalue weighted by atomic mass is 32.1. The lowest BCUT2D eigenvalue weighted by Crippen LogP contribution is -2.40. The number of carboxylic acids is 1. The number of aryl methyl sites for hydroxylation is 2. The highest BCUT2D eigenvalue weighted by Crippen LogP contribution is 2.44. The van der Waals surface area contributed by atoms with Crippen molar-refractivity contribution in [1.29, 1.82) is 0 Å². The lowest BCUT2D eigenvalue weighted by atomic mass is 9.79. The molecule has 8 nitrogen and oxygen atoms in total. The molecule has 0 unspecified atom stereocenters. The Morgan fingerprint density at radius 3 is 2.77 bits per heavy atom. The predicted molar refractivity (Wildman–Crippen MR) is 94.9 cm³/mol. The van der Waals surface area contributed by atoms with Crippen LogP contribution in [0.25, 0.3) is 11.3 Å². The van der Waals surface area contributed by atoms with E-state index in [9.17, 15) is 14.7 Å². The van der Waals surface area contributed by atoms with Crippen molar-refractivity contribution < 1.29 is 19.4 Å². The van der Waals surface area contributed by atoms with Crippen LogP contribution in [0.15, 0.2) is 11.6 Å². The molecule has 0 aromatic carbocycles. The molecule has 2 saturated heterocycles. The Morgan fingerprint density at radius 1 is 1.38 bits per heavy atom. The molecule has 0 aliphatic carbocycles. The van der Waals surface area contributed by atoms with Crippen LogP contribution in [0.5, 0.6) is 0 Å². The summed E-state index contributed by atoms with van der Waals surface area (Å²) in [6.07, 6.45) is 2.69. The summed E-state index contributed by atoms with van der Waals surface area (Å²) in [6.45, 7) is 4.71. The summed E-state index contributed by atoms with van der Waals surface area (Å²) in [6, 6.07) is 0. The lowest BCUT2D eigenvalue weighted by molar-refractivity contribution is -0.147. The van der Waals surface area contributed by atoms with Crippen LogP contribution in [0.1, 0.15) is 25.5 Å². The fourth-order valence-corrected chi connectivity index (χ4v) is 4.61. The minimum Gasteiger partial charge on any atom is -0.481 e. The predicted octanol–water partition coefficient (Wildman–Crippen LogP) is 2.15. The fraction of sp³-hybridized carbons (Fsp3) is 0.529. The minimum absolute atomic E-state index is 0.314. The molecule has 2 aliphatic heterocycles. The third kappa shape index (κ3) is 2.80. The van der Waals surface area contributed by atoms with Gasteiger partial charge in [0.25, 0.3) is 0 Å². The van der Waals surface area contributed by atoms with Crippen LogP contribution in [0.4, 0.5) is 5.13 Å². The monoisotopic (exact) mass is 376 g/mol. The average molecular weight is 376 g/mol. The largest absolute Gasteiger partial charge is 0.481 e. The maximum atomic E-state index is 12.7. The Kier molecular flexibility index (Phi) is 4.28. The SMILES string of the molecule is CCn1cc(-c2csc(NC(=O)[C@@H]3[C@H](C(=O)O)[C@H]4CC[C@H]3O4)n2)c(C)n1. The molecule has 9 heteroatoms. The zero-order chi connectivity index (χ0) is 18.4. The van der Waals surface area contributed by atoms with Gasteiger partial charge in [0, 0.05) is 23.7 Å². The maximum absolute atomic E-state index is 12.7. The molecule has 2 aliphatic rings. The first-order chi connectivity index (χ1) is 12.5. The number of carbonyl (C=O) groups is 2. The minimum atomic E-state index is -0.972. The van der Waals surface area contributed by atoms with Crippen LogP contribution in [0.2, 0.25) is 0 Å². The molecule has 4 atom stereocenters. The summed E-state index contributed by atoms with van der Waals surface area (Å²) < 4.78 is 7.49. The standard InChI is InChI=1S/C17H20N4O4S/c1-3-21-6-9(8(2)20-21)10-7-26-17(18-10)19-15(22)13-11-4-5-12(25-11)14(13)16(23)24/h6-7,11-14H,3-5H2,1-2H3,(H,23,24)(H,18,19,22)/t11-,12-,13+,14-/m1/s1. The third-order valence-corrected chi connectivity index (χ3v) is 5.90. The van der Waals surface area contributed by atoms with Gasteiger partial charge in [0.1, 0.15) is 0 Å². The van der Waals surface area contributed by atoms with E-state index in [0.717, 1.165) is 29.9 Å². The molecule has 4 rings (SSSR count). The van der Waals surface area contributed by atoms with E-state index >= 15 is 0 Å². The first-order valence-corrected chi connectivity index (χ1v) is 9.55. The van der Waals surface area contributed by atoms with E-state index in [2.05, 4.69) is 15.4 Å². The Hall–Kier alpha value is -2.26. The number of rotatable bonds is 5. The Bertz CT molecular complexity index is 861. The molecule has 2 fully saturated rings. The first kappa shape index (κ1) is 17.2. The number of nitrogens with zero attached hydrogens (tertiary/aromatic N) is 3. The number of hydrogen-bond acceptors (Lipinski definition) is 6. The van der Waals surface area contributed by atoms with E-state index in [1.165, 1.54) is 11.3 Å². The molecule has 2 N–H and O–H groups in total. The Labute approximate surface area is 154 Å². The van der Waals surface area contributed by atoms with Gasteiger partial charge in [-0.1, -0.05) is 0 Å². The quantitative estimate of drug-likeness (QED) is 0.828.